The van der Waals surface area contributed by atoms with Crippen molar-refractivity contribution in [1.29, 1.82) is 0 Å². The molecular weight excluding hydrogens is 482 g/mol. The van der Waals surface area contributed by atoms with E-state index in [1.165, 1.54) is 21.3 Å². The molecular formula is C27H29NO9. The molecule has 0 radical (unpaired) electrons. The molecule has 1 spiro atoms. The lowest BCUT2D eigenvalue weighted by molar-refractivity contribution is -0.187. The molecule has 10 nitrogen and oxygen atoms in total. The van der Waals surface area contributed by atoms with Gasteiger partial charge in [-0.05, 0) is 35.9 Å². The monoisotopic (exact) mass is 511 g/mol. The zero-order chi connectivity index (χ0) is 26.0. The van der Waals surface area contributed by atoms with Crippen molar-refractivity contribution in [2.75, 3.05) is 54.2 Å². The molecule has 1 amide bonds. The van der Waals surface area contributed by atoms with Gasteiger partial charge in [0.05, 0.1) is 40.1 Å². The molecule has 3 heterocycles. The number of hydrogen-bond donors (Lipinski definition) is 0. The molecule has 3 aliphatic heterocycles. The summed E-state index contributed by atoms with van der Waals surface area (Å²) in [4.78, 5) is 27.3. The Morgan fingerprint density at radius 3 is 2.30 bits per heavy atom. The van der Waals surface area contributed by atoms with E-state index >= 15 is 0 Å². The van der Waals surface area contributed by atoms with Crippen molar-refractivity contribution in [2.24, 2.45) is 0 Å². The predicted octanol–water partition coefficient (Wildman–Crippen LogP) is 3.07. The second-order valence-corrected chi connectivity index (χ2v) is 8.83. The number of methoxy groups -OCH3 is 3. The third-order valence-electron chi connectivity index (χ3n) is 6.68. The van der Waals surface area contributed by atoms with Gasteiger partial charge in [0, 0.05) is 32.0 Å². The van der Waals surface area contributed by atoms with Crippen LogP contribution < -0.4 is 23.7 Å². The topological polar surface area (TPSA) is 102 Å². The third kappa shape index (κ3) is 4.94. The summed E-state index contributed by atoms with van der Waals surface area (Å²) in [5.41, 5.74) is 1.06. The van der Waals surface area contributed by atoms with Gasteiger partial charge in [-0.15, -0.1) is 0 Å². The molecule has 0 bridgehead atoms. The maximum atomic E-state index is 12.9. The molecule has 0 N–H and O–H groups in total. The molecule has 0 aliphatic carbocycles. The number of nitrogens with zero attached hydrogens (tertiary/aromatic N) is 1. The Hall–Kier alpha value is -3.76. The smallest absolute Gasteiger partial charge is 0.260 e. The van der Waals surface area contributed by atoms with Gasteiger partial charge in [-0.2, -0.15) is 0 Å². The van der Waals surface area contributed by atoms with Gasteiger partial charge >= 0.3 is 0 Å². The molecule has 37 heavy (non-hydrogen) atoms. The van der Waals surface area contributed by atoms with Crippen molar-refractivity contribution in [2.45, 2.75) is 18.6 Å². The van der Waals surface area contributed by atoms with Gasteiger partial charge in [0.25, 0.3) is 5.91 Å². The first-order valence-corrected chi connectivity index (χ1v) is 12.0. The Labute approximate surface area is 214 Å². The summed E-state index contributed by atoms with van der Waals surface area (Å²) in [6.45, 7) is 2.19. The lowest BCUT2D eigenvalue weighted by Gasteiger charge is -2.37. The fraction of sp³-hybridized carbons (Fsp3) is 0.407. The van der Waals surface area contributed by atoms with E-state index in [4.69, 9.17) is 33.2 Å². The van der Waals surface area contributed by atoms with Crippen LogP contribution in [0.5, 0.6) is 28.7 Å². The molecule has 2 aromatic carbocycles. The first-order valence-electron chi connectivity index (χ1n) is 12.0. The van der Waals surface area contributed by atoms with Gasteiger partial charge in [-0.3, -0.25) is 9.59 Å². The van der Waals surface area contributed by atoms with E-state index in [9.17, 15) is 9.59 Å². The molecule has 3 aliphatic rings. The highest BCUT2D eigenvalue weighted by atomic mass is 16.7. The van der Waals surface area contributed by atoms with Crippen LogP contribution >= 0.6 is 0 Å². The second-order valence-electron chi connectivity index (χ2n) is 8.83. The van der Waals surface area contributed by atoms with Crippen LogP contribution in [0.2, 0.25) is 0 Å². The number of carbonyl (C=O) groups is 2. The Kier molecular flexibility index (Phi) is 6.94. The van der Waals surface area contributed by atoms with Crippen LogP contribution in [0.3, 0.4) is 0 Å². The van der Waals surface area contributed by atoms with Crippen molar-refractivity contribution in [1.82, 2.24) is 4.90 Å². The van der Waals surface area contributed by atoms with Crippen molar-refractivity contribution >= 4 is 17.8 Å². The number of rotatable bonds is 7. The van der Waals surface area contributed by atoms with E-state index in [0.717, 1.165) is 0 Å². The molecule has 10 heteroatoms. The molecule has 0 saturated carbocycles. The van der Waals surface area contributed by atoms with Gasteiger partial charge in [0.1, 0.15) is 11.5 Å². The summed E-state index contributed by atoms with van der Waals surface area (Å²) in [5.74, 6) is 1.42. The van der Waals surface area contributed by atoms with Crippen LogP contribution in [-0.2, 0) is 14.3 Å². The number of ether oxygens (including phenoxy) is 7. The zero-order valence-electron chi connectivity index (χ0n) is 21.0. The Morgan fingerprint density at radius 1 is 1.00 bits per heavy atom. The molecule has 0 aromatic heterocycles. The maximum Gasteiger partial charge on any atom is 0.260 e. The lowest BCUT2D eigenvalue weighted by atomic mass is 10.0. The summed E-state index contributed by atoms with van der Waals surface area (Å²) in [6, 6.07) is 8.35. The van der Waals surface area contributed by atoms with E-state index in [-0.39, 0.29) is 24.1 Å². The van der Waals surface area contributed by atoms with E-state index in [1.54, 1.807) is 41.3 Å². The van der Waals surface area contributed by atoms with Crippen molar-refractivity contribution < 1.29 is 42.7 Å². The van der Waals surface area contributed by atoms with E-state index in [2.05, 4.69) is 0 Å². The first kappa shape index (κ1) is 24.9. The number of fused-ring (bicyclic) bond motifs is 1. The summed E-state index contributed by atoms with van der Waals surface area (Å²) in [7, 11) is 4.56. The zero-order valence-corrected chi connectivity index (χ0v) is 21.0. The van der Waals surface area contributed by atoms with Crippen LogP contribution in [0.4, 0.5) is 0 Å². The molecule has 2 saturated heterocycles. The number of carbonyl (C=O) groups excluding carboxylic acids is 2. The van der Waals surface area contributed by atoms with Gasteiger partial charge in [0.2, 0.25) is 11.5 Å². The summed E-state index contributed by atoms with van der Waals surface area (Å²) in [5, 5.41) is 0. The van der Waals surface area contributed by atoms with Crippen LogP contribution in [-0.4, -0.2) is 76.6 Å². The second kappa shape index (κ2) is 10.3. The van der Waals surface area contributed by atoms with Gasteiger partial charge in [0.15, 0.2) is 29.7 Å². The van der Waals surface area contributed by atoms with Gasteiger partial charge in [-0.1, -0.05) is 0 Å². The average Bonchev–Trinajstić information content (AvgIpc) is 3.50. The van der Waals surface area contributed by atoms with Gasteiger partial charge < -0.3 is 38.1 Å². The Morgan fingerprint density at radius 2 is 1.68 bits per heavy atom. The fourth-order valence-corrected chi connectivity index (χ4v) is 4.71. The highest BCUT2D eigenvalue weighted by molar-refractivity contribution is 6.14. The van der Waals surface area contributed by atoms with Crippen LogP contribution in [0.15, 0.2) is 36.1 Å². The number of Topliss-reactive ketones (excluding diaryl/α,β-unsaturated/α-hetero) is 1. The van der Waals surface area contributed by atoms with E-state index in [1.807, 2.05) is 0 Å². The largest absolute Gasteiger partial charge is 0.493 e. The van der Waals surface area contributed by atoms with E-state index < -0.39 is 5.79 Å². The molecule has 2 aromatic rings. The third-order valence-corrected chi connectivity index (χ3v) is 6.68. The number of amides is 1. The SMILES string of the molecule is COc1cc(C=C2Oc3cc(OCC(=O)N4CCC5(CC4)OCCO5)ccc3C2=O)cc(OC)c1OC. The average molecular weight is 512 g/mol. The van der Waals surface area contributed by atoms with Crippen molar-refractivity contribution in [3.8, 4) is 28.7 Å². The number of allylic oxidation sites excluding steroid dienone is 1. The minimum absolute atomic E-state index is 0.115. The van der Waals surface area contributed by atoms with Crippen LogP contribution in [0.25, 0.3) is 6.08 Å². The molecule has 2 fully saturated rings. The first-order chi connectivity index (χ1) is 17.9. The highest BCUT2D eigenvalue weighted by Crippen LogP contribution is 2.40. The van der Waals surface area contributed by atoms with Gasteiger partial charge in [-0.25, -0.2) is 0 Å². The highest BCUT2D eigenvalue weighted by Gasteiger charge is 2.40. The minimum Gasteiger partial charge on any atom is -0.493 e. The summed E-state index contributed by atoms with van der Waals surface area (Å²) in [6.07, 6.45) is 2.90. The molecule has 5 rings (SSSR count). The minimum atomic E-state index is -0.533. The summed E-state index contributed by atoms with van der Waals surface area (Å²) >= 11 is 0. The number of piperidine rings is 1. The number of ketones is 1. The molecule has 0 unspecified atom stereocenters. The Bertz CT molecular complexity index is 1200. The van der Waals surface area contributed by atoms with Crippen molar-refractivity contribution in [3.05, 3.63) is 47.2 Å². The molecule has 0 atom stereocenters. The number of hydrogen-bond acceptors (Lipinski definition) is 9. The Balaban J connectivity index is 1.24. The maximum absolute atomic E-state index is 12.9. The predicted molar refractivity (Wildman–Crippen MR) is 131 cm³/mol. The number of benzene rings is 2. The van der Waals surface area contributed by atoms with E-state index in [0.29, 0.717) is 79.0 Å². The molecule has 196 valence electrons. The van der Waals surface area contributed by atoms with Crippen LogP contribution in [0.1, 0.15) is 28.8 Å². The lowest BCUT2D eigenvalue weighted by Crippen LogP contribution is -2.48. The normalized spacial score (nSPS) is 19.1. The summed E-state index contributed by atoms with van der Waals surface area (Å²) < 4.78 is 39.1. The standard InChI is InChI=1S/C27H29NO9/c1-31-22-13-17(14-23(32-2)26(22)33-3)12-21-25(30)19-5-4-18(15-20(19)37-21)34-16-24(29)28-8-6-27(7-9-28)35-10-11-36-27/h4-5,12-15H,6-11,16H2,1-3H3. The van der Waals surface area contributed by atoms with Crippen molar-refractivity contribution in [3.63, 3.8) is 0 Å². The fourth-order valence-electron chi connectivity index (χ4n) is 4.71. The van der Waals surface area contributed by atoms with Crippen LogP contribution in [0, 0.1) is 0 Å². The quantitative estimate of drug-likeness (QED) is 0.519. The number of likely N-dealkylation sites (tertiary alicyclic amines) is 1.